The zero-order valence-electron chi connectivity index (χ0n) is 14.1. The lowest BCUT2D eigenvalue weighted by Gasteiger charge is -2.18. The topological polar surface area (TPSA) is 58.6 Å². The van der Waals surface area contributed by atoms with Crippen molar-refractivity contribution in [3.63, 3.8) is 0 Å². The molecule has 0 saturated heterocycles. The van der Waals surface area contributed by atoms with Gasteiger partial charge in [0.2, 0.25) is 5.91 Å². The van der Waals surface area contributed by atoms with Crippen molar-refractivity contribution in [3.8, 4) is 5.75 Å². The van der Waals surface area contributed by atoms with Crippen LogP contribution in [-0.2, 0) is 16.1 Å². The van der Waals surface area contributed by atoms with Crippen molar-refractivity contribution in [2.45, 2.75) is 26.4 Å². The number of fused-ring (bicyclic) bond motifs is 1. The lowest BCUT2D eigenvalue weighted by molar-refractivity contribution is -0.126. The van der Waals surface area contributed by atoms with E-state index in [4.69, 9.17) is 16.3 Å². The van der Waals surface area contributed by atoms with Crippen molar-refractivity contribution in [2.75, 3.05) is 11.5 Å². The predicted octanol–water partition coefficient (Wildman–Crippen LogP) is 3.46. The van der Waals surface area contributed by atoms with Crippen LogP contribution in [0.15, 0.2) is 42.5 Å². The predicted molar refractivity (Wildman–Crippen MR) is 96.8 cm³/mol. The monoisotopic (exact) mass is 358 g/mol. The van der Waals surface area contributed by atoms with Crippen LogP contribution in [0, 0.1) is 0 Å². The SMILES string of the molecule is CCOc1ccc2c(c1)C(NC(C)=O)C(=O)N2Cc1cccc(Cl)c1. The molecule has 0 bridgehead atoms. The Morgan fingerprint density at radius 2 is 2.08 bits per heavy atom. The van der Waals surface area contributed by atoms with Crippen LogP contribution in [0.5, 0.6) is 5.75 Å². The van der Waals surface area contributed by atoms with Crippen molar-refractivity contribution >= 4 is 29.1 Å². The van der Waals surface area contributed by atoms with Gasteiger partial charge in [-0.25, -0.2) is 0 Å². The number of anilines is 1. The molecule has 1 N–H and O–H groups in total. The van der Waals surface area contributed by atoms with Crippen LogP contribution >= 0.6 is 11.6 Å². The van der Waals surface area contributed by atoms with Crippen LogP contribution in [0.25, 0.3) is 0 Å². The molecule has 1 aliphatic heterocycles. The molecule has 0 radical (unpaired) electrons. The number of ether oxygens (including phenoxy) is 1. The smallest absolute Gasteiger partial charge is 0.254 e. The fourth-order valence-corrected chi connectivity index (χ4v) is 3.21. The summed E-state index contributed by atoms with van der Waals surface area (Å²) in [6.45, 7) is 4.22. The molecule has 1 unspecified atom stereocenters. The molecule has 130 valence electrons. The van der Waals surface area contributed by atoms with Gasteiger partial charge in [-0.2, -0.15) is 0 Å². The van der Waals surface area contributed by atoms with Gasteiger partial charge in [0.15, 0.2) is 0 Å². The highest BCUT2D eigenvalue weighted by Crippen LogP contribution is 2.39. The van der Waals surface area contributed by atoms with Crippen molar-refractivity contribution in [1.82, 2.24) is 5.32 Å². The minimum Gasteiger partial charge on any atom is -0.494 e. The third-order valence-corrected chi connectivity index (χ3v) is 4.24. The Hall–Kier alpha value is -2.53. The van der Waals surface area contributed by atoms with E-state index in [1.807, 2.05) is 43.3 Å². The summed E-state index contributed by atoms with van der Waals surface area (Å²) < 4.78 is 5.53. The van der Waals surface area contributed by atoms with Crippen LogP contribution in [0.2, 0.25) is 5.02 Å². The van der Waals surface area contributed by atoms with Crippen molar-refractivity contribution in [1.29, 1.82) is 0 Å². The second-order valence-electron chi connectivity index (χ2n) is 5.84. The highest BCUT2D eigenvalue weighted by Gasteiger charge is 2.38. The van der Waals surface area contributed by atoms with Gasteiger partial charge in [0.05, 0.1) is 18.8 Å². The molecule has 6 heteroatoms. The van der Waals surface area contributed by atoms with Gasteiger partial charge in [-0.1, -0.05) is 23.7 Å². The van der Waals surface area contributed by atoms with Crippen LogP contribution in [0.1, 0.15) is 31.0 Å². The van der Waals surface area contributed by atoms with E-state index in [9.17, 15) is 9.59 Å². The van der Waals surface area contributed by atoms with Crippen LogP contribution in [0.3, 0.4) is 0 Å². The summed E-state index contributed by atoms with van der Waals surface area (Å²) in [5, 5.41) is 3.35. The van der Waals surface area contributed by atoms with Gasteiger partial charge in [-0.15, -0.1) is 0 Å². The first kappa shape index (κ1) is 17.3. The number of rotatable bonds is 5. The van der Waals surface area contributed by atoms with Crippen LogP contribution in [0.4, 0.5) is 5.69 Å². The van der Waals surface area contributed by atoms with E-state index < -0.39 is 6.04 Å². The Morgan fingerprint density at radius 3 is 2.76 bits per heavy atom. The maximum absolute atomic E-state index is 12.9. The number of carbonyl (C=O) groups excluding carboxylic acids is 2. The Bertz CT molecular complexity index is 822. The zero-order valence-corrected chi connectivity index (χ0v) is 14.8. The summed E-state index contributed by atoms with van der Waals surface area (Å²) in [5.74, 6) is 0.253. The molecule has 5 nitrogen and oxygen atoms in total. The van der Waals surface area contributed by atoms with Gasteiger partial charge in [-0.05, 0) is 42.8 Å². The molecular weight excluding hydrogens is 340 g/mol. The number of amides is 2. The van der Waals surface area contributed by atoms with Gasteiger partial charge < -0.3 is 15.0 Å². The van der Waals surface area contributed by atoms with Gasteiger partial charge in [0.1, 0.15) is 11.8 Å². The van der Waals surface area contributed by atoms with E-state index in [1.165, 1.54) is 6.92 Å². The zero-order chi connectivity index (χ0) is 18.0. The number of carbonyl (C=O) groups is 2. The van der Waals surface area contributed by atoms with Gasteiger partial charge in [0.25, 0.3) is 5.91 Å². The third-order valence-electron chi connectivity index (χ3n) is 4.00. The average Bonchev–Trinajstić information content (AvgIpc) is 2.80. The maximum Gasteiger partial charge on any atom is 0.254 e. The number of nitrogens with one attached hydrogen (secondary N) is 1. The van der Waals surface area contributed by atoms with E-state index in [0.717, 1.165) is 16.8 Å². The van der Waals surface area contributed by atoms with Crippen LogP contribution < -0.4 is 15.0 Å². The molecule has 1 aliphatic rings. The fourth-order valence-electron chi connectivity index (χ4n) is 3.00. The summed E-state index contributed by atoms with van der Waals surface area (Å²) in [6, 6.07) is 12.2. The molecule has 0 spiro atoms. The largest absolute Gasteiger partial charge is 0.494 e. The standard InChI is InChI=1S/C19H19ClN2O3/c1-3-25-15-7-8-17-16(10-15)18(21-12(2)23)19(24)22(17)11-13-5-4-6-14(20)9-13/h4-10,18H,3,11H2,1-2H3,(H,21,23). The Morgan fingerprint density at radius 1 is 1.28 bits per heavy atom. The van der Waals surface area contributed by atoms with Crippen molar-refractivity contribution < 1.29 is 14.3 Å². The minimum absolute atomic E-state index is 0.168. The summed E-state index contributed by atoms with van der Waals surface area (Å²) >= 11 is 6.04. The highest BCUT2D eigenvalue weighted by atomic mass is 35.5. The summed E-state index contributed by atoms with van der Waals surface area (Å²) in [5.41, 5.74) is 2.43. The lowest BCUT2D eigenvalue weighted by Crippen LogP contribution is -2.36. The van der Waals surface area contributed by atoms with Gasteiger partial charge >= 0.3 is 0 Å². The first-order valence-electron chi connectivity index (χ1n) is 8.09. The summed E-state index contributed by atoms with van der Waals surface area (Å²) in [7, 11) is 0. The van der Waals surface area contributed by atoms with Gasteiger partial charge in [0, 0.05) is 17.5 Å². The van der Waals surface area contributed by atoms with E-state index in [-0.39, 0.29) is 11.8 Å². The first-order chi connectivity index (χ1) is 12.0. The number of benzene rings is 2. The Kier molecular flexibility index (Phi) is 4.95. The van der Waals surface area contributed by atoms with E-state index >= 15 is 0 Å². The third kappa shape index (κ3) is 3.61. The second-order valence-corrected chi connectivity index (χ2v) is 6.28. The molecule has 1 atom stereocenters. The molecule has 0 aromatic heterocycles. The molecule has 2 aromatic rings. The Balaban J connectivity index is 1.97. The molecule has 2 aromatic carbocycles. The second kappa shape index (κ2) is 7.15. The number of halogens is 1. The first-order valence-corrected chi connectivity index (χ1v) is 8.47. The average molecular weight is 359 g/mol. The van der Waals surface area contributed by atoms with E-state index in [0.29, 0.717) is 23.9 Å². The van der Waals surface area contributed by atoms with E-state index in [1.54, 1.807) is 11.0 Å². The quantitative estimate of drug-likeness (QED) is 0.890. The molecule has 2 amide bonds. The normalized spacial score (nSPS) is 15.9. The van der Waals surface area contributed by atoms with Gasteiger partial charge in [-0.3, -0.25) is 9.59 Å². The minimum atomic E-state index is -0.702. The number of nitrogens with zero attached hydrogens (tertiary/aromatic N) is 1. The maximum atomic E-state index is 12.9. The molecule has 25 heavy (non-hydrogen) atoms. The lowest BCUT2D eigenvalue weighted by atomic mass is 10.1. The summed E-state index contributed by atoms with van der Waals surface area (Å²) in [4.78, 5) is 26.1. The van der Waals surface area contributed by atoms with Crippen molar-refractivity contribution in [2.24, 2.45) is 0 Å². The van der Waals surface area contributed by atoms with Crippen molar-refractivity contribution in [3.05, 3.63) is 58.6 Å². The molecule has 1 heterocycles. The number of hydrogen-bond donors (Lipinski definition) is 1. The molecule has 0 saturated carbocycles. The molecular formula is C19H19ClN2O3. The highest BCUT2D eigenvalue weighted by molar-refractivity contribution is 6.30. The fraction of sp³-hybridized carbons (Fsp3) is 0.263. The van der Waals surface area contributed by atoms with E-state index in [2.05, 4.69) is 5.32 Å². The molecule has 0 aliphatic carbocycles. The molecule has 3 rings (SSSR count). The number of hydrogen-bond acceptors (Lipinski definition) is 3. The molecule has 0 fully saturated rings. The summed E-state index contributed by atoms with van der Waals surface area (Å²) in [6.07, 6.45) is 0. The van der Waals surface area contributed by atoms with Crippen LogP contribution in [-0.4, -0.2) is 18.4 Å². The Labute approximate surface area is 151 Å².